The molecule has 3 N–H and O–H groups in total. The summed E-state index contributed by atoms with van der Waals surface area (Å²) in [7, 11) is -2.05. The average Bonchev–Trinajstić information content (AvgIpc) is 3.55. The molecular formula is C49H53N4O6S+. The van der Waals surface area contributed by atoms with E-state index in [1.807, 2.05) is 24.3 Å². The van der Waals surface area contributed by atoms with E-state index < -0.39 is 21.5 Å². The van der Waals surface area contributed by atoms with Gasteiger partial charge in [-0.25, -0.2) is 0 Å². The number of carbonyl (C=O) groups is 2. The molecule has 0 aliphatic carbocycles. The lowest BCUT2D eigenvalue weighted by Crippen LogP contribution is -2.28. The molecule has 11 heteroatoms. The number of pyridine rings is 1. The minimum absolute atomic E-state index is 0.116. The number of hydrogen-bond donors (Lipinski definition) is 3. The van der Waals surface area contributed by atoms with Gasteiger partial charge >= 0.3 is 5.97 Å². The summed E-state index contributed by atoms with van der Waals surface area (Å²) in [5.41, 5.74) is 7.73. The number of carboxylic acid groups (broad SMARTS) is 1. The Morgan fingerprint density at radius 3 is 2.18 bits per heavy atom. The predicted octanol–water partition coefficient (Wildman–Crippen LogP) is 9.37. The van der Waals surface area contributed by atoms with E-state index in [0.717, 1.165) is 44.7 Å². The molecule has 0 bridgehead atoms. The number of fused-ring (bicyclic) bond motifs is 6. The number of unbranched alkanes of at least 4 members (excludes halogenated alkanes) is 2. The van der Waals surface area contributed by atoms with Gasteiger partial charge in [0.05, 0.1) is 22.4 Å². The molecule has 10 nitrogen and oxygen atoms in total. The van der Waals surface area contributed by atoms with Crippen LogP contribution in [0.4, 0.5) is 11.4 Å². The Morgan fingerprint density at radius 1 is 0.833 bits per heavy atom. The van der Waals surface area contributed by atoms with Gasteiger partial charge < -0.3 is 15.3 Å². The SMILES string of the molecule is CN1/C(=C/C=C(/C=C/C2=[N+](CCCS(=O)(=O)O)c3ccc4ccccc4c3C2(C)C)c2ccc(C(=O)NCCCCCC(=O)O)cn2)C(C)(C)c2c1ccc1ccccc21. The molecule has 1 aromatic heterocycles. The minimum atomic E-state index is -4.15. The van der Waals surface area contributed by atoms with E-state index in [2.05, 4.69) is 128 Å². The van der Waals surface area contributed by atoms with E-state index in [4.69, 9.17) is 10.1 Å². The van der Waals surface area contributed by atoms with Crippen molar-refractivity contribution < 1.29 is 32.2 Å². The van der Waals surface area contributed by atoms with E-state index >= 15 is 0 Å². The van der Waals surface area contributed by atoms with E-state index in [-0.39, 0.29) is 29.9 Å². The molecule has 2 aliphatic heterocycles. The van der Waals surface area contributed by atoms with Crippen LogP contribution in [-0.2, 0) is 25.7 Å². The fourth-order valence-electron chi connectivity index (χ4n) is 9.02. The number of rotatable bonds is 15. The zero-order valence-electron chi connectivity index (χ0n) is 34.9. The van der Waals surface area contributed by atoms with Gasteiger partial charge in [-0.1, -0.05) is 80.9 Å². The first-order chi connectivity index (χ1) is 28.6. The van der Waals surface area contributed by atoms with Crippen molar-refractivity contribution in [3.05, 3.63) is 144 Å². The maximum absolute atomic E-state index is 13.1. The van der Waals surface area contributed by atoms with Gasteiger partial charge in [-0.2, -0.15) is 13.0 Å². The highest BCUT2D eigenvalue weighted by Gasteiger charge is 2.45. The molecule has 0 radical (unpaired) electrons. The summed E-state index contributed by atoms with van der Waals surface area (Å²) >= 11 is 0. The fraction of sp³-hybridized carbons (Fsp3) is 0.306. The first kappa shape index (κ1) is 42.2. The molecule has 0 saturated carbocycles. The summed E-state index contributed by atoms with van der Waals surface area (Å²) in [4.78, 5) is 31.0. The molecule has 5 aromatic rings. The lowest BCUT2D eigenvalue weighted by molar-refractivity contribution is -0.437. The normalized spacial score (nSPS) is 16.6. The molecule has 0 unspecified atom stereocenters. The van der Waals surface area contributed by atoms with Crippen molar-refractivity contribution in [3.8, 4) is 0 Å². The highest BCUT2D eigenvalue weighted by Crippen LogP contribution is 2.50. The van der Waals surface area contributed by atoms with Crippen LogP contribution in [0.5, 0.6) is 0 Å². The summed E-state index contributed by atoms with van der Waals surface area (Å²) in [5, 5.41) is 16.5. The van der Waals surface area contributed by atoms with E-state index in [0.29, 0.717) is 43.6 Å². The number of hydrogen-bond acceptors (Lipinski definition) is 6. The van der Waals surface area contributed by atoms with Gasteiger partial charge in [0.25, 0.3) is 16.0 Å². The molecule has 2 aliphatic rings. The van der Waals surface area contributed by atoms with Gasteiger partial charge in [-0.3, -0.25) is 19.1 Å². The molecule has 0 fully saturated rings. The minimum Gasteiger partial charge on any atom is -0.481 e. The monoisotopic (exact) mass is 825 g/mol. The number of carbonyl (C=O) groups excluding carboxylic acids is 1. The number of anilines is 1. The van der Waals surface area contributed by atoms with Crippen LogP contribution in [0.25, 0.3) is 27.1 Å². The topological polar surface area (TPSA) is 140 Å². The maximum atomic E-state index is 13.1. The molecule has 0 atom stereocenters. The Bertz CT molecular complexity index is 2730. The molecule has 1 amide bonds. The van der Waals surface area contributed by atoms with E-state index in [1.165, 1.54) is 16.3 Å². The average molecular weight is 826 g/mol. The van der Waals surface area contributed by atoms with E-state index in [1.54, 1.807) is 12.3 Å². The van der Waals surface area contributed by atoms with Gasteiger partial charge in [-0.15, -0.1) is 0 Å². The van der Waals surface area contributed by atoms with Gasteiger partial charge in [-0.05, 0) is 90.2 Å². The lowest BCUT2D eigenvalue weighted by atomic mass is 9.79. The largest absolute Gasteiger partial charge is 0.481 e. The maximum Gasteiger partial charge on any atom is 0.303 e. The standard InChI is InChI=1S/C49H52N4O6S/c1-48(2)42(52(5)40-25-20-33-14-8-10-16-37(33)45(40)48)27-22-35(39-24-19-36(32-51-39)47(56)50-29-12-6-7-18-44(54)55)23-28-43-49(3,4)46-38-17-11-9-15-34(38)21-26-41(46)53(43)30-13-31-60(57,58)59/h8-11,14-17,19-28,32H,6-7,12-13,18,29-31H2,1-5H3,(H2-,50,54,55,56,57,58,59)/p+1. The fourth-order valence-corrected chi connectivity index (χ4v) is 9.51. The van der Waals surface area contributed by atoms with Crippen molar-refractivity contribution in [3.63, 3.8) is 0 Å². The van der Waals surface area contributed by atoms with Crippen LogP contribution < -0.4 is 10.2 Å². The highest BCUT2D eigenvalue weighted by molar-refractivity contribution is 7.85. The molecule has 60 heavy (non-hydrogen) atoms. The van der Waals surface area contributed by atoms with Crippen molar-refractivity contribution in [2.45, 2.75) is 70.6 Å². The first-order valence-electron chi connectivity index (χ1n) is 20.5. The summed E-state index contributed by atoms with van der Waals surface area (Å²) in [6, 6.07) is 28.9. The number of amides is 1. The number of nitrogens with one attached hydrogen (secondary N) is 1. The van der Waals surface area contributed by atoms with Crippen molar-refractivity contribution in [1.82, 2.24) is 10.3 Å². The third kappa shape index (κ3) is 8.55. The van der Waals surface area contributed by atoms with Crippen molar-refractivity contribution in [1.29, 1.82) is 0 Å². The Morgan fingerprint density at radius 2 is 1.52 bits per heavy atom. The summed E-state index contributed by atoms with van der Waals surface area (Å²) in [5.74, 6) is -1.42. The second-order valence-corrected chi connectivity index (χ2v) is 18.3. The Labute approximate surface area is 352 Å². The van der Waals surface area contributed by atoms with Crippen molar-refractivity contribution in [2.75, 3.05) is 30.8 Å². The second kappa shape index (κ2) is 17.0. The molecule has 310 valence electrons. The number of benzene rings is 4. The summed E-state index contributed by atoms with van der Waals surface area (Å²) in [6.07, 6.45) is 12.2. The zero-order chi connectivity index (χ0) is 42.8. The van der Waals surface area contributed by atoms with Gasteiger partial charge in [0.15, 0.2) is 5.71 Å². The van der Waals surface area contributed by atoms with Crippen LogP contribution in [0.15, 0.2) is 121 Å². The van der Waals surface area contributed by atoms with Gasteiger partial charge in [0, 0.05) is 72.7 Å². The first-order valence-corrected chi connectivity index (χ1v) is 22.1. The number of aliphatic carboxylic acids is 1. The van der Waals surface area contributed by atoms with Gasteiger partial charge in [0.1, 0.15) is 6.54 Å². The number of nitrogens with zero attached hydrogens (tertiary/aromatic N) is 3. The summed E-state index contributed by atoms with van der Waals surface area (Å²) < 4.78 is 35.4. The number of likely N-dealkylation sites (N-methyl/N-ethyl adjacent to an activating group) is 1. The number of allylic oxidation sites excluding steroid dienone is 6. The van der Waals surface area contributed by atoms with Crippen LogP contribution in [-0.4, -0.2) is 71.1 Å². The third-order valence-corrected chi connectivity index (χ3v) is 12.8. The van der Waals surface area contributed by atoms with Gasteiger partial charge in [0.2, 0.25) is 5.69 Å². The molecule has 4 aromatic carbocycles. The van der Waals surface area contributed by atoms with Crippen LogP contribution in [0, 0.1) is 0 Å². The van der Waals surface area contributed by atoms with Crippen LogP contribution in [0.3, 0.4) is 0 Å². The van der Waals surface area contributed by atoms with Crippen molar-refractivity contribution >= 4 is 66.2 Å². The van der Waals surface area contributed by atoms with Crippen LogP contribution in [0.1, 0.15) is 87.0 Å². The van der Waals surface area contributed by atoms with Crippen molar-refractivity contribution in [2.24, 2.45) is 0 Å². The molecule has 7 rings (SSSR count). The second-order valence-electron chi connectivity index (χ2n) is 16.7. The Balaban J connectivity index is 1.28. The third-order valence-electron chi connectivity index (χ3n) is 11.9. The highest BCUT2D eigenvalue weighted by atomic mass is 32.2. The van der Waals surface area contributed by atoms with Crippen LogP contribution in [0.2, 0.25) is 0 Å². The lowest BCUT2D eigenvalue weighted by Gasteiger charge is -2.24. The Hall–Kier alpha value is -5.91. The molecule has 0 spiro atoms. The van der Waals surface area contributed by atoms with E-state index in [9.17, 15) is 22.6 Å². The smallest absolute Gasteiger partial charge is 0.303 e. The number of aromatic nitrogens is 1. The van der Waals surface area contributed by atoms with Crippen LogP contribution >= 0.6 is 0 Å². The summed E-state index contributed by atoms with van der Waals surface area (Å²) in [6.45, 7) is 9.68. The quantitative estimate of drug-likeness (QED) is 0.0411. The number of carboxylic acids is 1. The molecular weight excluding hydrogens is 773 g/mol. The molecule has 0 saturated heterocycles. The Kier molecular flexibility index (Phi) is 12.0. The molecule has 3 heterocycles. The predicted molar refractivity (Wildman–Crippen MR) is 241 cm³/mol. The zero-order valence-corrected chi connectivity index (χ0v) is 35.7.